The van der Waals surface area contributed by atoms with Gasteiger partial charge in [0.15, 0.2) is 0 Å². The molecule has 1 heterocycles. The number of para-hydroxylation sites is 2. The van der Waals surface area contributed by atoms with E-state index in [9.17, 15) is 0 Å². The van der Waals surface area contributed by atoms with Crippen molar-refractivity contribution in [1.29, 1.82) is 0 Å². The van der Waals surface area contributed by atoms with Crippen molar-refractivity contribution < 1.29 is 4.42 Å². The molecular weight excluding hydrogens is 799 g/mol. The highest BCUT2D eigenvalue weighted by atomic mass is 16.3. The van der Waals surface area contributed by atoms with Crippen LogP contribution < -0.4 is 4.90 Å². The fourth-order valence-electron chi connectivity index (χ4n) is 9.77. The summed E-state index contributed by atoms with van der Waals surface area (Å²) in [4.78, 5) is 2.43. The first-order valence-corrected chi connectivity index (χ1v) is 22.6. The van der Waals surface area contributed by atoms with Crippen molar-refractivity contribution in [1.82, 2.24) is 0 Å². The maximum absolute atomic E-state index is 6.60. The Hall–Kier alpha value is -8.72. The molecule has 0 saturated heterocycles. The summed E-state index contributed by atoms with van der Waals surface area (Å²) in [5.41, 5.74) is 18.8. The molecule has 0 aliphatic heterocycles. The second-order valence-electron chi connectivity index (χ2n) is 16.8. The Morgan fingerprint density at radius 1 is 0.273 bits per heavy atom. The van der Waals surface area contributed by atoms with Crippen LogP contribution in [0.25, 0.3) is 99.5 Å². The van der Waals surface area contributed by atoms with Crippen molar-refractivity contribution in [3.05, 3.63) is 261 Å². The van der Waals surface area contributed by atoms with Gasteiger partial charge < -0.3 is 9.32 Å². The third kappa shape index (κ3) is 7.02. The van der Waals surface area contributed by atoms with Crippen LogP contribution in [0.15, 0.2) is 265 Å². The summed E-state index contributed by atoms with van der Waals surface area (Å²) in [6, 6.07) is 93.9. The van der Waals surface area contributed by atoms with Crippen LogP contribution in [-0.2, 0) is 0 Å². The molecule has 1 aromatic heterocycles. The zero-order chi connectivity index (χ0) is 43.8. The Kier molecular flexibility index (Phi) is 9.89. The zero-order valence-corrected chi connectivity index (χ0v) is 36.2. The predicted octanol–water partition coefficient (Wildman–Crippen LogP) is 18.2. The Bertz CT molecular complexity index is 3680. The summed E-state index contributed by atoms with van der Waals surface area (Å²) < 4.78 is 6.60. The minimum Gasteiger partial charge on any atom is -0.455 e. The fourth-order valence-corrected chi connectivity index (χ4v) is 9.77. The van der Waals surface area contributed by atoms with Gasteiger partial charge in [0.2, 0.25) is 0 Å². The van der Waals surface area contributed by atoms with Gasteiger partial charge >= 0.3 is 0 Å². The number of fused-ring (bicyclic) bond motifs is 4. The van der Waals surface area contributed by atoms with Gasteiger partial charge in [0, 0.05) is 33.3 Å². The first kappa shape index (κ1) is 38.9. The van der Waals surface area contributed by atoms with Gasteiger partial charge in [-0.1, -0.05) is 224 Å². The van der Waals surface area contributed by atoms with E-state index in [2.05, 4.69) is 260 Å². The lowest BCUT2D eigenvalue weighted by Gasteiger charge is -2.30. The summed E-state index contributed by atoms with van der Waals surface area (Å²) in [5, 5.41) is 4.74. The molecule has 12 aromatic rings. The van der Waals surface area contributed by atoms with E-state index >= 15 is 0 Å². The number of nitrogens with zero attached hydrogens (tertiary/aromatic N) is 1. The molecule has 0 aliphatic rings. The van der Waals surface area contributed by atoms with Gasteiger partial charge in [0.1, 0.15) is 11.2 Å². The molecule has 0 aliphatic carbocycles. The van der Waals surface area contributed by atoms with Gasteiger partial charge in [-0.3, -0.25) is 0 Å². The van der Waals surface area contributed by atoms with E-state index in [-0.39, 0.29) is 0 Å². The molecule has 12 rings (SSSR count). The molecule has 0 amide bonds. The van der Waals surface area contributed by atoms with Crippen LogP contribution in [0.4, 0.5) is 17.1 Å². The Morgan fingerprint density at radius 2 is 0.773 bits per heavy atom. The highest BCUT2D eigenvalue weighted by Crippen LogP contribution is 2.49. The molecule has 2 heteroatoms. The molecule has 0 N–H and O–H groups in total. The third-order valence-corrected chi connectivity index (χ3v) is 12.9. The minimum atomic E-state index is 0.889. The van der Waals surface area contributed by atoms with Crippen LogP contribution in [0.2, 0.25) is 0 Å². The van der Waals surface area contributed by atoms with Gasteiger partial charge in [-0.05, 0) is 103 Å². The van der Waals surface area contributed by atoms with Crippen LogP contribution in [0.3, 0.4) is 0 Å². The highest BCUT2D eigenvalue weighted by molar-refractivity contribution is 6.10. The molecule has 0 bridgehead atoms. The molecule has 11 aromatic carbocycles. The van der Waals surface area contributed by atoms with Crippen LogP contribution in [-0.4, -0.2) is 0 Å². The van der Waals surface area contributed by atoms with Crippen molar-refractivity contribution in [2.75, 3.05) is 4.90 Å². The predicted molar refractivity (Wildman–Crippen MR) is 279 cm³/mol. The van der Waals surface area contributed by atoms with Crippen molar-refractivity contribution in [2.24, 2.45) is 0 Å². The normalized spacial score (nSPS) is 11.3. The van der Waals surface area contributed by atoms with Gasteiger partial charge in [-0.2, -0.15) is 0 Å². The number of benzene rings is 11. The Morgan fingerprint density at radius 3 is 1.56 bits per heavy atom. The van der Waals surface area contributed by atoms with Crippen molar-refractivity contribution in [3.63, 3.8) is 0 Å². The van der Waals surface area contributed by atoms with Crippen LogP contribution >= 0.6 is 0 Å². The van der Waals surface area contributed by atoms with E-state index in [4.69, 9.17) is 4.42 Å². The second-order valence-corrected chi connectivity index (χ2v) is 16.8. The van der Waals surface area contributed by atoms with Gasteiger partial charge in [0.25, 0.3) is 0 Å². The molecule has 0 fully saturated rings. The molecule has 0 unspecified atom stereocenters. The topological polar surface area (TPSA) is 16.4 Å². The maximum Gasteiger partial charge on any atom is 0.143 e. The highest BCUT2D eigenvalue weighted by Gasteiger charge is 2.24. The second kappa shape index (κ2) is 16.8. The van der Waals surface area contributed by atoms with E-state index < -0.39 is 0 Å². The van der Waals surface area contributed by atoms with E-state index in [1.807, 2.05) is 6.07 Å². The molecule has 0 spiro atoms. The zero-order valence-electron chi connectivity index (χ0n) is 36.2. The van der Waals surface area contributed by atoms with E-state index in [1.54, 1.807) is 0 Å². The van der Waals surface area contributed by atoms with E-state index in [1.165, 1.54) is 38.6 Å². The Balaban J connectivity index is 1.04. The monoisotopic (exact) mass is 841 g/mol. The molecule has 2 nitrogen and oxygen atoms in total. The van der Waals surface area contributed by atoms with Crippen LogP contribution in [0, 0.1) is 0 Å². The Labute approximate surface area is 384 Å². The van der Waals surface area contributed by atoms with Crippen LogP contribution in [0.1, 0.15) is 0 Å². The van der Waals surface area contributed by atoms with Crippen molar-refractivity contribution in [2.45, 2.75) is 0 Å². The average Bonchev–Trinajstić information content (AvgIpc) is 3.79. The summed E-state index contributed by atoms with van der Waals surface area (Å²) in [7, 11) is 0. The molecule has 66 heavy (non-hydrogen) atoms. The van der Waals surface area contributed by atoms with Crippen LogP contribution in [0.5, 0.6) is 0 Å². The lowest BCUT2D eigenvalue weighted by molar-refractivity contribution is 0.670. The van der Waals surface area contributed by atoms with Gasteiger partial charge in [-0.25, -0.2) is 0 Å². The molecule has 0 saturated carbocycles. The maximum atomic E-state index is 6.60. The standard InChI is InChI=1S/C64H43NO/c1-3-17-46(18-4-1)55-26-9-10-28-59(55)63-56(48-19-5-2-6-20-48)30-16-33-61(63)65(52-24-13-23-50(43-52)57-31-15-32-60-58-27-11-12-34-62(58)66-64(57)60)51-41-39-45(40-42-51)44-35-37-49(38-36-44)54-29-14-22-47-21-7-8-25-53(47)54/h1-43H. The quantitative estimate of drug-likeness (QED) is 0.144. The third-order valence-electron chi connectivity index (χ3n) is 12.9. The first-order valence-electron chi connectivity index (χ1n) is 22.6. The van der Waals surface area contributed by atoms with E-state index in [0.717, 1.165) is 77.9 Å². The van der Waals surface area contributed by atoms with Gasteiger partial charge in [-0.15, -0.1) is 0 Å². The minimum absolute atomic E-state index is 0.889. The molecule has 310 valence electrons. The summed E-state index contributed by atoms with van der Waals surface area (Å²) in [6.45, 7) is 0. The van der Waals surface area contributed by atoms with Crippen molar-refractivity contribution in [3.8, 4) is 66.8 Å². The lowest BCUT2D eigenvalue weighted by Crippen LogP contribution is -2.12. The summed E-state index contributed by atoms with van der Waals surface area (Å²) in [5.74, 6) is 0. The first-order chi connectivity index (χ1) is 32.7. The number of rotatable bonds is 9. The number of anilines is 3. The molecule has 0 atom stereocenters. The molecule has 0 radical (unpaired) electrons. The van der Waals surface area contributed by atoms with Gasteiger partial charge in [0.05, 0.1) is 5.69 Å². The lowest BCUT2D eigenvalue weighted by atomic mass is 9.87. The summed E-state index contributed by atoms with van der Waals surface area (Å²) in [6.07, 6.45) is 0. The van der Waals surface area contributed by atoms with E-state index in [0.29, 0.717) is 0 Å². The summed E-state index contributed by atoms with van der Waals surface area (Å²) >= 11 is 0. The smallest absolute Gasteiger partial charge is 0.143 e. The number of hydrogen-bond acceptors (Lipinski definition) is 2. The fraction of sp³-hybridized carbons (Fsp3) is 0. The largest absolute Gasteiger partial charge is 0.455 e. The molecular formula is C64H43NO. The van der Waals surface area contributed by atoms with Crippen molar-refractivity contribution >= 4 is 49.8 Å². The number of furan rings is 1. The average molecular weight is 842 g/mol. The number of hydrogen-bond donors (Lipinski definition) is 0. The SMILES string of the molecule is c1ccc(-c2ccccc2-c2c(-c3ccccc3)cccc2N(c2ccc(-c3ccc(-c4cccc5ccccc45)cc3)cc2)c2cccc(-c3cccc4c3oc3ccccc34)c2)cc1.